The average molecular weight is 360 g/mol. The van der Waals surface area contributed by atoms with Gasteiger partial charge >= 0.3 is 11.9 Å². The lowest BCUT2D eigenvalue weighted by molar-refractivity contribution is -0.157. The Hall–Kier alpha value is -1.28. The van der Waals surface area contributed by atoms with Gasteiger partial charge in [-0.25, -0.2) is 4.79 Å². The summed E-state index contributed by atoms with van der Waals surface area (Å²) in [6, 6.07) is -2.34. The summed E-state index contributed by atoms with van der Waals surface area (Å²) in [6.07, 6.45) is 1.43. The number of esters is 1. The van der Waals surface area contributed by atoms with Crippen LogP contribution >= 0.6 is 12.6 Å². The minimum absolute atomic E-state index is 0.0809. The van der Waals surface area contributed by atoms with Crippen LogP contribution in [-0.4, -0.2) is 58.8 Å². The van der Waals surface area contributed by atoms with Crippen LogP contribution < -0.4 is 5.73 Å². The van der Waals surface area contributed by atoms with Crippen molar-refractivity contribution in [3.8, 4) is 0 Å². The van der Waals surface area contributed by atoms with E-state index in [9.17, 15) is 14.4 Å². The monoisotopic (exact) mass is 360 g/mol. The number of rotatable bonds is 8. The van der Waals surface area contributed by atoms with Crippen molar-refractivity contribution in [3.05, 3.63) is 0 Å². The summed E-state index contributed by atoms with van der Waals surface area (Å²) in [5, 5.41) is 8.93. The molecule has 0 aromatic heterocycles. The molecule has 1 saturated carbocycles. The van der Waals surface area contributed by atoms with E-state index in [2.05, 4.69) is 12.6 Å². The van der Waals surface area contributed by atoms with Crippen molar-refractivity contribution >= 4 is 30.5 Å². The largest absolute Gasteiger partial charge is 0.481 e. The van der Waals surface area contributed by atoms with Crippen molar-refractivity contribution in [3.63, 3.8) is 0 Å². The highest BCUT2D eigenvalue weighted by molar-refractivity contribution is 7.80. The van der Waals surface area contributed by atoms with Gasteiger partial charge in [0.05, 0.1) is 19.6 Å². The second-order valence-electron chi connectivity index (χ2n) is 7.32. The molecule has 0 aromatic rings. The molecule has 3 atom stereocenters. The van der Waals surface area contributed by atoms with E-state index >= 15 is 0 Å². The van der Waals surface area contributed by atoms with Gasteiger partial charge in [-0.15, -0.1) is 0 Å². The van der Waals surface area contributed by atoms with Crippen LogP contribution in [-0.2, 0) is 19.1 Å². The van der Waals surface area contributed by atoms with Gasteiger partial charge in [-0.05, 0) is 24.2 Å². The molecule has 138 valence electrons. The van der Waals surface area contributed by atoms with E-state index in [1.165, 1.54) is 12.0 Å². The van der Waals surface area contributed by atoms with Crippen molar-refractivity contribution in [2.45, 2.75) is 58.2 Å². The van der Waals surface area contributed by atoms with Crippen molar-refractivity contribution in [1.82, 2.24) is 4.90 Å². The van der Waals surface area contributed by atoms with Crippen LogP contribution in [0.25, 0.3) is 0 Å². The van der Waals surface area contributed by atoms with Crippen molar-refractivity contribution in [1.29, 1.82) is 0 Å². The SMILES string of the molecule is COC(=O)[C@@H](CS)N(C(=O)[C@@H](N)CC(=O)O)C(C1CC1)C(C)(C)C. The van der Waals surface area contributed by atoms with Gasteiger partial charge in [0.2, 0.25) is 5.91 Å². The zero-order chi connectivity index (χ0) is 18.7. The third kappa shape index (κ3) is 5.11. The number of hydrogen-bond acceptors (Lipinski definition) is 6. The molecule has 0 bridgehead atoms. The normalized spacial score (nSPS) is 18.4. The maximum Gasteiger partial charge on any atom is 0.329 e. The number of methoxy groups -OCH3 is 1. The van der Waals surface area contributed by atoms with Crippen LogP contribution in [0.5, 0.6) is 0 Å². The zero-order valence-corrected chi connectivity index (χ0v) is 15.6. The molecule has 8 heteroatoms. The summed E-state index contributed by atoms with van der Waals surface area (Å²) >= 11 is 4.21. The lowest BCUT2D eigenvalue weighted by Crippen LogP contribution is -2.60. The second-order valence-corrected chi connectivity index (χ2v) is 7.68. The maximum atomic E-state index is 12.9. The van der Waals surface area contributed by atoms with Crippen LogP contribution in [0.15, 0.2) is 0 Å². The summed E-state index contributed by atoms with van der Waals surface area (Å²) < 4.78 is 4.82. The van der Waals surface area contributed by atoms with Gasteiger partial charge in [-0.1, -0.05) is 20.8 Å². The average Bonchev–Trinajstić information content (AvgIpc) is 3.28. The number of hydrogen-bond donors (Lipinski definition) is 3. The molecule has 1 rings (SSSR count). The summed E-state index contributed by atoms with van der Waals surface area (Å²) in [5.74, 6) is -1.94. The number of carbonyl (C=O) groups is 3. The standard InChI is InChI=1S/C16H28N2O5S/c1-16(2,3)13(9-5-6-9)18(11(8-24)15(22)23-4)14(21)10(17)7-12(19)20/h9-11,13,24H,5-8,17H2,1-4H3,(H,19,20)/t10-,11+,13?/m0/s1. The second kappa shape index (κ2) is 8.20. The fourth-order valence-corrected chi connectivity index (χ4v) is 3.45. The predicted octanol–water partition coefficient (Wildman–Crippen LogP) is 0.913. The molecule has 0 aliphatic heterocycles. The van der Waals surface area contributed by atoms with Crippen molar-refractivity contribution in [2.75, 3.05) is 12.9 Å². The van der Waals surface area contributed by atoms with Crippen LogP contribution in [0, 0.1) is 11.3 Å². The van der Waals surface area contributed by atoms with Gasteiger partial charge in [-0.2, -0.15) is 12.6 Å². The molecule has 0 spiro atoms. The Morgan fingerprint density at radius 2 is 1.88 bits per heavy atom. The van der Waals surface area contributed by atoms with Crippen LogP contribution in [0.4, 0.5) is 0 Å². The quantitative estimate of drug-likeness (QED) is 0.438. The van der Waals surface area contributed by atoms with Gasteiger partial charge in [0.15, 0.2) is 0 Å². The Kier molecular flexibility index (Phi) is 7.10. The Balaban J connectivity index is 3.26. The Morgan fingerprint density at radius 3 is 2.21 bits per heavy atom. The zero-order valence-electron chi connectivity index (χ0n) is 14.7. The number of aliphatic carboxylic acids is 1. The van der Waals surface area contributed by atoms with Gasteiger partial charge in [0.25, 0.3) is 0 Å². The van der Waals surface area contributed by atoms with Gasteiger partial charge < -0.3 is 20.5 Å². The number of carbonyl (C=O) groups excluding carboxylic acids is 2. The molecule has 3 N–H and O–H groups in total. The number of ether oxygens (including phenoxy) is 1. The number of thiol groups is 1. The summed E-state index contributed by atoms with van der Waals surface area (Å²) in [7, 11) is 1.25. The first-order valence-corrected chi connectivity index (χ1v) is 8.66. The first-order valence-electron chi connectivity index (χ1n) is 8.02. The molecule has 1 aliphatic rings. The fourth-order valence-electron chi connectivity index (χ4n) is 3.13. The summed E-state index contributed by atoms with van der Waals surface area (Å²) in [5.41, 5.74) is 5.51. The van der Waals surface area contributed by atoms with Gasteiger partial charge in [0, 0.05) is 11.8 Å². The molecular weight excluding hydrogens is 332 g/mol. The highest BCUT2D eigenvalue weighted by Gasteiger charge is 2.48. The topological polar surface area (TPSA) is 110 Å². The van der Waals surface area contributed by atoms with E-state index in [0.717, 1.165) is 12.8 Å². The van der Waals surface area contributed by atoms with E-state index in [-0.39, 0.29) is 23.1 Å². The molecule has 0 aromatic carbocycles. The molecule has 7 nitrogen and oxygen atoms in total. The Morgan fingerprint density at radius 1 is 1.33 bits per heavy atom. The molecule has 1 aliphatic carbocycles. The lowest BCUT2D eigenvalue weighted by Gasteiger charge is -2.44. The number of carboxylic acids is 1. The van der Waals surface area contributed by atoms with E-state index in [4.69, 9.17) is 15.6 Å². The predicted molar refractivity (Wildman–Crippen MR) is 92.7 cm³/mol. The van der Waals surface area contributed by atoms with E-state index in [0.29, 0.717) is 0 Å². The van der Waals surface area contributed by atoms with Gasteiger partial charge in [0.1, 0.15) is 6.04 Å². The highest BCUT2D eigenvalue weighted by atomic mass is 32.1. The van der Waals surface area contributed by atoms with E-state index in [1.807, 2.05) is 20.8 Å². The molecule has 24 heavy (non-hydrogen) atoms. The fraction of sp³-hybridized carbons (Fsp3) is 0.812. The lowest BCUT2D eigenvalue weighted by atomic mass is 9.81. The van der Waals surface area contributed by atoms with Crippen molar-refractivity contribution in [2.24, 2.45) is 17.1 Å². The van der Waals surface area contributed by atoms with E-state index in [1.54, 1.807) is 0 Å². The van der Waals surface area contributed by atoms with Crippen molar-refractivity contribution < 1.29 is 24.2 Å². The molecule has 1 amide bonds. The third-order valence-electron chi connectivity index (χ3n) is 4.20. The van der Waals surface area contributed by atoms with Gasteiger partial charge in [-0.3, -0.25) is 9.59 Å². The van der Waals surface area contributed by atoms with E-state index < -0.39 is 36.4 Å². The molecular formula is C16H28N2O5S. The number of nitrogens with zero attached hydrogens (tertiary/aromatic N) is 1. The van der Waals surface area contributed by atoms with Crippen LogP contribution in [0.2, 0.25) is 0 Å². The molecule has 0 saturated heterocycles. The minimum Gasteiger partial charge on any atom is -0.481 e. The molecule has 0 heterocycles. The summed E-state index contributed by atoms with van der Waals surface area (Å²) in [4.78, 5) is 37.5. The third-order valence-corrected chi connectivity index (χ3v) is 4.55. The minimum atomic E-state index is -1.21. The smallest absolute Gasteiger partial charge is 0.329 e. The summed E-state index contributed by atoms with van der Waals surface area (Å²) in [6.45, 7) is 5.98. The number of amides is 1. The first kappa shape index (κ1) is 20.8. The maximum absolute atomic E-state index is 12.9. The van der Waals surface area contributed by atoms with Crippen LogP contribution in [0.3, 0.4) is 0 Å². The number of nitrogens with two attached hydrogens (primary N) is 1. The molecule has 1 unspecified atom stereocenters. The first-order chi connectivity index (χ1) is 11.0. The Bertz CT molecular complexity index is 487. The van der Waals surface area contributed by atoms with Crippen LogP contribution in [0.1, 0.15) is 40.0 Å². The molecule has 1 fully saturated rings. The Labute approximate surface area is 148 Å². The highest BCUT2D eigenvalue weighted by Crippen LogP contribution is 2.44. The molecule has 0 radical (unpaired) electrons. The number of carboxylic acid groups (broad SMARTS) is 1.